The monoisotopic (exact) mass is 1690 g/mol. The van der Waals surface area contributed by atoms with Gasteiger partial charge in [0.15, 0.2) is 0 Å². The number of fused-ring (bicyclic) bond motifs is 7. The van der Waals surface area contributed by atoms with Crippen LogP contribution in [0.15, 0.2) is 212 Å². The number of rotatable bonds is 8. The summed E-state index contributed by atoms with van der Waals surface area (Å²) in [6.07, 6.45) is 0. The van der Waals surface area contributed by atoms with Crippen molar-refractivity contribution in [2.45, 2.75) is 340 Å². The molecule has 0 atom stereocenters. The van der Waals surface area contributed by atoms with Crippen LogP contribution in [0.4, 0.5) is 34.1 Å². The summed E-state index contributed by atoms with van der Waals surface area (Å²) in [6.45, 7) is 93.1. The highest BCUT2D eigenvalue weighted by Gasteiger charge is 2.48. The second-order valence-electron chi connectivity index (χ2n) is 51.9. The molecule has 0 amide bonds. The van der Waals surface area contributed by atoms with Gasteiger partial charge in [-0.3, -0.25) is 0 Å². The lowest BCUT2D eigenvalue weighted by Crippen LogP contribution is -2.61. The fourth-order valence-electron chi connectivity index (χ4n) is 19.6. The van der Waals surface area contributed by atoms with Gasteiger partial charge in [-0.2, -0.15) is 0 Å². The molecule has 0 unspecified atom stereocenters. The Hall–Kier alpha value is -9.90. The summed E-state index contributed by atoms with van der Waals surface area (Å²) in [5.41, 5.74) is 41.2. The van der Waals surface area contributed by atoms with Crippen molar-refractivity contribution in [2.24, 2.45) is 0 Å². The third-order valence-electron chi connectivity index (χ3n) is 28.2. The first-order valence-electron chi connectivity index (χ1n) is 47.9. The van der Waals surface area contributed by atoms with Crippen LogP contribution in [-0.4, -0.2) is 11.3 Å². The molecule has 0 saturated carbocycles. The maximum atomic E-state index is 2.85. The van der Waals surface area contributed by atoms with Gasteiger partial charge in [0.05, 0.1) is 22.4 Å². The van der Waals surface area contributed by atoms with Crippen LogP contribution in [0.2, 0.25) is 0 Å². The second kappa shape index (κ2) is 30.9. The van der Waals surface area contributed by atoms with Crippen molar-refractivity contribution in [3.8, 4) is 61.3 Å². The summed E-state index contributed by atoms with van der Waals surface area (Å²) in [4.78, 5) is 5.71. The normalized spacial score (nSPS) is 14.2. The molecule has 0 N–H and O–H groups in total. The van der Waals surface area contributed by atoms with Crippen LogP contribution in [-0.2, 0) is 70.4 Å². The summed E-state index contributed by atoms with van der Waals surface area (Å²) >= 11 is 0. The standard InChI is InChI=1S/C124H152BN3/c1-112(2,3)79-45-40-75(41-46-79)93-66-87(120(25,26)27)68-97(91-54-49-83(116(13,14)15)70-99(91)123(34,35)36)110(93)127-105-62-77(78-60-85(118(19,20)21)63-86(61-78)119(22,23)24)44-56-101(105)125-102-57-53-90(126-103-58-51-81(114(7,8)9)64-95(103)96-65-82(115(10,11)12)52-59-104(96)126)74-106(102)128(108-73-89(122(31,32)33)72-107(127)109(108)125)111-94(76-42-47-80(48-43-76)113(4,5)6)67-88(121(28,29)30)69-98(111)92-55-50-84(117(16,17)18)71-100(92)124(37,38)39/h40-74H,1-39H3. The zero-order chi connectivity index (χ0) is 93.9. The molecule has 0 radical (unpaired) electrons. The zero-order valence-corrected chi connectivity index (χ0v) is 86.1. The van der Waals surface area contributed by atoms with Gasteiger partial charge in [-0.15, -0.1) is 0 Å². The molecule has 3 heterocycles. The van der Waals surface area contributed by atoms with Crippen molar-refractivity contribution in [1.82, 2.24) is 4.57 Å². The van der Waals surface area contributed by atoms with Gasteiger partial charge in [-0.05, 0) is 271 Å². The first-order valence-corrected chi connectivity index (χ1v) is 47.9. The molecule has 1 aromatic heterocycles. The smallest absolute Gasteiger partial charge is 0.252 e. The van der Waals surface area contributed by atoms with Crippen molar-refractivity contribution in [3.05, 3.63) is 285 Å². The molecule has 3 nitrogen and oxygen atoms in total. The highest BCUT2D eigenvalue weighted by molar-refractivity contribution is 7.00. The molecule has 0 saturated heterocycles. The lowest BCUT2D eigenvalue weighted by atomic mass is 9.33. The maximum Gasteiger partial charge on any atom is 0.252 e. The van der Waals surface area contributed by atoms with E-state index < -0.39 is 0 Å². The van der Waals surface area contributed by atoms with Crippen LogP contribution in [0, 0.1) is 0 Å². The molecule has 666 valence electrons. The molecule has 12 aromatic carbocycles. The van der Waals surface area contributed by atoms with E-state index in [0.29, 0.717) is 0 Å². The minimum atomic E-state index is -0.389. The fraction of sp³-hybridized carbons (Fsp3) is 0.419. The van der Waals surface area contributed by atoms with E-state index in [0.717, 1.165) is 17.1 Å². The Balaban J connectivity index is 1.22. The highest BCUT2D eigenvalue weighted by Crippen LogP contribution is 2.58. The predicted molar refractivity (Wildman–Crippen MR) is 565 cm³/mol. The van der Waals surface area contributed by atoms with E-state index in [1.54, 1.807) is 0 Å². The number of nitrogens with zero attached hydrogens (tertiary/aromatic N) is 3. The van der Waals surface area contributed by atoms with Crippen LogP contribution >= 0.6 is 0 Å². The topological polar surface area (TPSA) is 11.4 Å². The van der Waals surface area contributed by atoms with Crippen molar-refractivity contribution >= 4 is 79.0 Å². The third kappa shape index (κ3) is 17.3. The van der Waals surface area contributed by atoms with Gasteiger partial charge in [-0.25, -0.2) is 0 Å². The second-order valence-corrected chi connectivity index (χ2v) is 51.9. The zero-order valence-electron chi connectivity index (χ0n) is 86.1. The van der Waals surface area contributed by atoms with Crippen molar-refractivity contribution < 1.29 is 0 Å². The van der Waals surface area contributed by atoms with Crippen LogP contribution < -0.4 is 26.2 Å². The SMILES string of the molecule is CC(C)(C)c1ccc(-c2cc(C(C)(C)C)cc(-c3ccc(C(C)(C)C)cc3C(C)(C)C)c2N2c3cc(-c4cc(C(C)(C)C)cc(C(C)(C)C)c4)ccc3B3c4ccc(-n5c6ccc(C(C)(C)C)cc6c6cc(C(C)(C)C)ccc65)cc4N(c4c(-c5ccc(C(C)(C)C)cc5)cc(C(C)(C)C)cc4-c4ccc(C(C)(C)C)cc4C(C)(C)C)c4cc(C(C)(C)C)cc2c43)cc1. The van der Waals surface area contributed by atoms with Crippen LogP contribution in [0.1, 0.15) is 342 Å². The van der Waals surface area contributed by atoms with Gasteiger partial charge in [-0.1, -0.05) is 403 Å². The van der Waals surface area contributed by atoms with E-state index in [4.69, 9.17) is 0 Å². The summed E-state index contributed by atoms with van der Waals surface area (Å²) in [6, 6.07) is 88.1. The predicted octanol–water partition coefficient (Wildman–Crippen LogP) is 34.1. The Labute approximate surface area is 774 Å². The minimum Gasteiger partial charge on any atom is -0.310 e. The first-order chi connectivity index (χ1) is 58.7. The lowest BCUT2D eigenvalue weighted by molar-refractivity contribution is 0.568. The molecule has 128 heavy (non-hydrogen) atoms. The van der Waals surface area contributed by atoms with Gasteiger partial charge in [0, 0.05) is 61.5 Å². The number of hydrogen-bond donors (Lipinski definition) is 0. The molecular formula is C124H152BN3. The fourth-order valence-corrected chi connectivity index (χ4v) is 19.6. The van der Waals surface area contributed by atoms with Gasteiger partial charge >= 0.3 is 0 Å². The average molecular weight is 1700 g/mol. The summed E-state index contributed by atoms with van der Waals surface area (Å²) in [5.74, 6) is 0. The van der Waals surface area contributed by atoms with Gasteiger partial charge in [0.2, 0.25) is 0 Å². The summed E-state index contributed by atoms with van der Waals surface area (Å²) in [5, 5.41) is 2.54. The van der Waals surface area contributed by atoms with Crippen LogP contribution in [0.5, 0.6) is 0 Å². The van der Waals surface area contributed by atoms with Gasteiger partial charge in [0.25, 0.3) is 6.71 Å². The molecule has 0 bridgehead atoms. The summed E-state index contributed by atoms with van der Waals surface area (Å²) < 4.78 is 2.62. The van der Waals surface area contributed by atoms with E-state index in [2.05, 4.69) is 497 Å². The largest absolute Gasteiger partial charge is 0.310 e. The van der Waals surface area contributed by atoms with Crippen molar-refractivity contribution in [3.63, 3.8) is 0 Å². The Bertz CT molecular complexity index is 6440. The Morgan fingerprint density at radius 3 is 0.820 bits per heavy atom. The molecule has 13 aromatic rings. The Morgan fingerprint density at radius 2 is 0.477 bits per heavy atom. The molecule has 4 heteroatoms. The average Bonchev–Trinajstić information content (AvgIpc) is 0.715. The van der Waals surface area contributed by atoms with Gasteiger partial charge in [0.1, 0.15) is 0 Å². The molecular weight excluding hydrogens is 1540 g/mol. The highest BCUT2D eigenvalue weighted by atomic mass is 15.2. The quantitative estimate of drug-likeness (QED) is 0.141. The van der Waals surface area contributed by atoms with E-state index >= 15 is 0 Å². The molecule has 2 aliphatic rings. The van der Waals surface area contributed by atoms with Crippen molar-refractivity contribution in [1.29, 1.82) is 0 Å². The molecule has 0 spiro atoms. The van der Waals surface area contributed by atoms with Gasteiger partial charge < -0.3 is 14.4 Å². The maximum absolute atomic E-state index is 2.85. The number of benzene rings is 12. The van der Waals surface area contributed by atoms with E-state index in [1.807, 2.05) is 0 Å². The summed E-state index contributed by atoms with van der Waals surface area (Å²) in [7, 11) is 0. The lowest BCUT2D eigenvalue weighted by Gasteiger charge is -2.47. The molecule has 2 aliphatic heterocycles. The Kier molecular flexibility index (Phi) is 22.4. The van der Waals surface area contributed by atoms with E-state index in [9.17, 15) is 0 Å². The minimum absolute atomic E-state index is 0.0808. The van der Waals surface area contributed by atoms with E-state index in [1.165, 1.54) is 189 Å². The van der Waals surface area contributed by atoms with E-state index in [-0.39, 0.29) is 77.1 Å². The third-order valence-corrected chi connectivity index (χ3v) is 28.2. The number of anilines is 6. The Morgan fingerprint density at radius 1 is 0.188 bits per heavy atom. The molecule has 15 rings (SSSR count). The van der Waals surface area contributed by atoms with Crippen molar-refractivity contribution in [2.75, 3.05) is 9.80 Å². The number of hydrogen-bond acceptors (Lipinski definition) is 2. The molecule has 0 aliphatic carbocycles. The van der Waals surface area contributed by atoms with Crippen LogP contribution in [0.25, 0.3) is 83.1 Å². The van der Waals surface area contributed by atoms with Crippen LogP contribution in [0.3, 0.4) is 0 Å². The molecule has 0 fully saturated rings. The first kappa shape index (κ1) is 92.8. The number of aromatic nitrogens is 1.